The van der Waals surface area contributed by atoms with E-state index in [9.17, 15) is 32.9 Å². The largest absolute Gasteiger partial charge is 0.491 e. The van der Waals surface area contributed by atoms with Crippen LogP contribution in [0.2, 0.25) is 0 Å². The van der Waals surface area contributed by atoms with Gasteiger partial charge in [0, 0.05) is 48.4 Å². The van der Waals surface area contributed by atoms with E-state index in [1.165, 1.54) is 29.1 Å². The Kier molecular flexibility index (Phi) is 9.70. The third-order valence-electron chi connectivity index (χ3n) is 7.67. The van der Waals surface area contributed by atoms with Crippen LogP contribution in [-0.2, 0) is 11.0 Å². The number of alkyl halides is 3. The van der Waals surface area contributed by atoms with Crippen LogP contribution in [0.4, 0.5) is 29.3 Å². The lowest BCUT2D eigenvalue weighted by atomic mass is 10.0. The molecule has 0 saturated carbocycles. The summed E-state index contributed by atoms with van der Waals surface area (Å²) >= 11 is 1.82. The number of anilines is 1. The summed E-state index contributed by atoms with van der Waals surface area (Å²) in [5.41, 5.74) is 0.537. The summed E-state index contributed by atoms with van der Waals surface area (Å²) in [4.78, 5) is 39.0. The van der Waals surface area contributed by atoms with E-state index in [4.69, 9.17) is 4.74 Å². The van der Waals surface area contributed by atoms with Crippen LogP contribution in [0.15, 0.2) is 48.9 Å². The monoisotopic (exact) mass is 647 g/mol. The van der Waals surface area contributed by atoms with Crippen LogP contribution in [0.3, 0.4) is 0 Å². The maximum atomic E-state index is 13.5. The molecule has 0 unspecified atom stereocenters. The highest BCUT2D eigenvalue weighted by molar-refractivity contribution is 8.00. The number of nitrogens with zero attached hydrogens (tertiary/aromatic N) is 3. The van der Waals surface area contributed by atoms with E-state index in [0.29, 0.717) is 29.5 Å². The number of hydrogen-bond donors (Lipinski definition) is 4. The number of ether oxygens (including phenoxy) is 1. The molecule has 2 saturated heterocycles. The Labute approximate surface area is 260 Å². The minimum absolute atomic E-state index is 0.0712. The number of nitro benzene ring substituents is 1. The van der Waals surface area contributed by atoms with Crippen LogP contribution in [-0.4, -0.2) is 69.7 Å². The predicted molar refractivity (Wildman–Crippen MR) is 163 cm³/mol. The number of nitro groups is 1. The third kappa shape index (κ3) is 7.61. The zero-order valence-corrected chi connectivity index (χ0v) is 25.0. The average molecular weight is 648 g/mol. The van der Waals surface area contributed by atoms with Crippen molar-refractivity contribution in [2.24, 2.45) is 0 Å². The van der Waals surface area contributed by atoms with Gasteiger partial charge in [-0.2, -0.15) is 24.9 Å². The number of imidazole rings is 1. The van der Waals surface area contributed by atoms with Gasteiger partial charge in [0.1, 0.15) is 12.4 Å². The second kappa shape index (κ2) is 13.7. The van der Waals surface area contributed by atoms with Gasteiger partial charge < -0.3 is 30.6 Å². The summed E-state index contributed by atoms with van der Waals surface area (Å²) < 4.78 is 47.8. The Bertz CT molecular complexity index is 1570. The lowest BCUT2D eigenvalue weighted by molar-refractivity contribution is -0.384. The highest BCUT2D eigenvalue weighted by Gasteiger charge is 2.42. The molecule has 5 rings (SSSR count). The number of carbonyl (C=O) groups excluding carboxylic acids is 2. The zero-order chi connectivity index (χ0) is 32.1. The molecule has 4 N–H and O–H groups in total. The van der Waals surface area contributed by atoms with Gasteiger partial charge in [-0.3, -0.25) is 14.9 Å². The van der Waals surface area contributed by atoms with Crippen molar-refractivity contribution in [3.8, 4) is 22.7 Å². The van der Waals surface area contributed by atoms with Gasteiger partial charge in [0.25, 0.3) is 5.69 Å². The van der Waals surface area contributed by atoms with Gasteiger partial charge in [0.05, 0.1) is 52.5 Å². The van der Waals surface area contributed by atoms with E-state index in [1.807, 2.05) is 11.8 Å². The van der Waals surface area contributed by atoms with Gasteiger partial charge in [-0.15, -0.1) is 0 Å². The van der Waals surface area contributed by atoms with Gasteiger partial charge in [-0.1, -0.05) is 6.42 Å². The number of hydrogen-bond acceptors (Lipinski definition) is 8. The summed E-state index contributed by atoms with van der Waals surface area (Å²) in [6.07, 6.45) is 1.02. The topological polar surface area (TPSA) is 152 Å². The molecule has 0 aliphatic carbocycles. The molecule has 2 fully saturated rings. The molecule has 0 bridgehead atoms. The van der Waals surface area contributed by atoms with Crippen LogP contribution >= 0.6 is 11.8 Å². The molecule has 3 aromatic rings. The fraction of sp³-hybridized carbons (Fsp3) is 0.414. The second-order valence-electron chi connectivity index (χ2n) is 10.6. The van der Waals surface area contributed by atoms with Crippen molar-refractivity contribution in [3.63, 3.8) is 0 Å². The van der Waals surface area contributed by atoms with Crippen LogP contribution < -0.4 is 26.0 Å². The van der Waals surface area contributed by atoms with Gasteiger partial charge >= 0.3 is 12.2 Å². The maximum Gasteiger partial charge on any atom is 0.416 e. The van der Waals surface area contributed by atoms with E-state index in [1.54, 1.807) is 19.3 Å². The maximum absolute atomic E-state index is 13.5. The fourth-order valence-corrected chi connectivity index (χ4v) is 6.94. The number of carbonyl (C=O) groups is 2. The molecule has 0 spiro atoms. The van der Waals surface area contributed by atoms with Crippen LogP contribution in [0, 0.1) is 10.1 Å². The molecule has 240 valence electrons. The van der Waals surface area contributed by atoms with Crippen molar-refractivity contribution >= 4 is 35.1 Å². The van der Waals surface area contributed by atoms with Crippen LogP contribution in [0.5, 0.6) is 5.75 Å². The smallest absolute Gasteiger partial charge is 0.416 e. The Morgan fingerprint density at radius 2 is 2.04 bits per heavy atom. The fourth-order valence-electron chi connectivity index (χ4n) is 5.40. The van der Waals surface area contributed by atoms with E-state index < -0.39 is 16.7 Å². The first-order valence-electron chi connectivity index (χ1n) is 14.3. The number of halogens is 3. The Morgan fingerprint density at radius 1 is 1.22 bits per heavy atom. The summed E-state index contributed by atoms with van der Waals surface area (Å²) in [6.45, 7) is 0.00608. The number of thioether (sulfide) groups is 1. The number of amides is 3. The number of aromatic nitrogens is 2. The van der Waals surface area contributed by atoms with Gasteiger partial charge in [-0.25, -0.2) is 9.78 Å². The highest BCUT2D eigenvalue weighted by Crippen LogP contribution is 2.37. The molecule has 12 nitrogen and oxygen atoms in total. The zero-order valence-electron chi connectivity index (χ0n) is 24.2. The molecule has 2 aliphatic rings. The lowest BCUT2D eigenvalue weighted by Crippen LogP contribution is -2.36. The van der Waals surface area contributed by atoms with Crippen LogP contribution in [0.25, 0.3) is 16.9 Å². The first kappa shape index (κ1) is 31.9. The molecule has 45 heavy (non-hydrogen) atoms. The normalized spacial score (nSPS) is 19.0. The van der Waals surface area contributed by atoms with Crippen molar-refractivity contribution < 1.29 is 32.4 Å². The average Bonchev–Trinajstić information content (AvgIpc) is 3.73. The number of rotatable bonds is 13. The molecule has 16 heteroatoms. The predicted octanol–water partition coefficient (Wildman–Crippen LogP) is 4.73. The first-order valence-corrected chi connectivity index (χ1v) is 15.4. The molecule has 3 heterocycles. The van der Waals surface area contributed by atoms with Gasteiger partial charge in [0.15, 0.2) is 0 Å². The molecule has 1 aromatic heterocycles. The van der Waals surface area contributed by atoms with Crippen molar-refractivity contribution in [2.45, 2.75) is 49.2 Å². The number of unbranched alkanes of at least 4 members (excludes halogenated alkanes) is 1. The lowest BCUT2D eigenvalue weighted by Gasteiger charge is -2.16. The third-order valence-corrected chi connectivity index (χ3v) is 9.18. The molecule has 0 radical (unpaired) electrons. The van der Waals surface area contributed by atoms with E-state index in [2.05, 4.69) is 26.3 Å². The minimum atomic E-state index is -4.60. The first-order chi connectivity index (χ1) is 21.5. The molecule has 3 amide bonds. The van der Waals surface area contributed by atoms with Crippen molar-refractivity contribution in [2.75, 3.05) is 31.3 Å². The van der Waals surface area contributed by atoms with Gasteiger partial charge in [0.2, 0.25) is 5.91 Å². The molecule has 3 atom stereocenters. The summed E-state index contributed by atoms with van der Waals surface area (Å²) in [5, 5.41) is 23.2. The van der Waals surface area contributed by atoms with Crippen molar-refractivity contribution in [1.29, 1.82) is 0 Å². The molecule has 2 aliphatic heterocycles. The van der Waals surface area contributed by atoms with Gasteiger partial charge in [-0.05, 0) is 37.1 Å². The Morgan fingerprint density at radius 3 is 2.80 bits per heavy atom. The number of urea groups is 1. The minimum Gasteiger partial charge on any atom is -0.491 e. The van der Waals surface area contributed by atoms with E-state index in [0.717, 1.165) is 30.7 Å². The summed E-state index contributed by atoms with van der Waals surface area (Å²) in [6, 6.07) is 7.48. The number of nitrogens with one attached hydrogen (secondary N) is 4. The SMILES string of the molecule is CNc1ccc([N+](=O)[O-])cc1-n1cnc(-c2ccc(C(F)(F)F)cc2OCCNC(=O)CCCC[C@@H]2SC[C@@H]3NC(=O)N[C@@H]32)c1. The van der Waals surface area contributed by atoms with Crippen molar-refractivity contribution in [3.05, 3.63) is 64.6 Å². The summed E-state index contributed by atoms with van der Waals surface area (Å²) in [5.74, 6) is 0.615. The second-order valence-corrected chi connectivity index (χ2v) is 11.9. The standard InChI is InChI=1S/C29H32F3N7O5S/c1-33-20-9-7-18(39(42)43)13-23(20)38-14-21(35-16-38)19-8-6-17(29(30,31)32)12-24(19)44-11-10-34-26(40)5-3-2-4-25-27-22(15-45-25)36-28(41)37-27/h6-9,12-14,16,22,25,27,33H,2-5,10-11,15H2,1H3,(H,34,40)(H2,36,37,41)/t22-,25-,27-/m0/s1. The number of non-ortho nitro benzene ring substituents is 1. The van der Waals surface area contributed by atoms with Crippen molar-refractivity contribution in [1.82, 2.24) is 25.5 Å². The van der Waals surface area contributed by atoms with Crippen LogP contribution in [0.1, 0.15) is 31.2 Å². The molecule has 2 aromatic carbocycles. The molecular weight excluding hydrogens is 615 g/mol. The van der Waals surface area contributed by atoms with E-state index in [-0.39, 0.29) is 59.9 Å². The Balaban J connectivity index is 1.18. The quantitative estimate of drug-likeness (QED) is 0.0900. The summed E-state index contributed by atoms with van der Waals surface area (Å²) in [7, 11) is 1.66. The number of benzene rings is 2. The Hall–Kier alpha value is -4.47. The molecular formula is C29H32F3N7O5S. The highest BCUT2D eigenvalue weighted by atomic mass is 32.2. The number of fused-ring (bicyclic) bond motifs is 1. The van der Waals surface area contributed by atoms with E-state index >= 15 is 0 Å².